The molecule has 1 rings (SSSR count). The number of benzene rings is 1. The minimum absolute atomic E-state index is 0.228. The highest BCUT2D eigenvalue weighted by Crippen LogP contribution is 2.43. The van der Waals surface area contributed by atoms with Crippen LogP contribution in [0.2, 0.25) is 0 Å². The van der Waals surface area contributed by atoms with Crippen molar-refractivity contribution in [1.29, 1.82) is 0 Å². The molecular formula is C12H16FNO4S. The van der Waals surface area contributed by atoms with Crippen molar-refractivity contribution in [3.05, 3.63) is 17.4 Å². The first-order chi connectivity index (χ1) is 8.96. The molecule has 0 radical (unpaired) electrons. The van der Waals surface area contributed by atoms with Crippen molar-refractivity contribution in [2.45, 2.75) is 17.4 Å². The SMILES string of the molecule is COc1c(C(N)CC(=O)O)cc(F)c(SC)c1OC. The van der Waals surface area contributed by atoms with Crippen molar-refractivity contribution in [2.24, 2.45) is 5.73 Å². The minimum atomic E-state index is -1.07. The van der Waals surface area contributed by atoms with Gasteiger partial charge in [0, 0.05) is 11.6 Å². The quantitative estimate of drug-likeness (QED) is 0.780. The molecule has 0 amide bonds. The van der Waals surface area contributed by atoms with Crippen LogP contribution in [-0.4, -0.2) is 31.6 Å². The van der Waals surface area contributed by atoms with Gasteiger partial charge in [-0.15, -0.1) is 11.8 Å². The van der Waals surface area contributed by atoms with Gasteiger partial charge in [0.25, 0.3) is 0 Å². The average Bonchev–Trinajstić information content (AvgIpc) is 2.36. The van der Waals surface area contributed by atoms with E-state index in [1.165, 1.54) is 32.0 Å². The number of methoxy groups -OCH3 is 2. The number of ether oxygens (including phenoxy) is 2. The highest BCUT2D eigenvalue weighted by Gasteiger charge is 2.24. The third kappa shape index (κ3) is 3.30. The molecule has 1 atom stereocenters. The van der Waals surface area contributed by atoms with Gasteiger partial charge in [-0.1, -0.05) is 0 Å². The first kappa shape index (κ1) is 15.6. The summed E-state index contributed by atoms with van der Waals surface area (Å²) in [4.78, 5) is 11.0. The maximum absolute atomic E-state index is 14.0. The number of nitrogens with two attached hydrogens (primary N) is 1. The summed E-state index contributed by atoms with van der Waals surface area (Å²) in [6, 6.07) is 0.326. The van der Waals surface area contributed by atoms with E-state index in [0.29, 0.717) is 4.90 Å². The fourth-order valence-corrected chi connectivity index (χ4v) is 2.39. The standard InChI is InChI=1S/C12H16FNO4S/c1-17-10-6(8(14)5-9(15)16)4-7(13)12(19-3)11(10)18-2/h4,8H,5,14H2,1-3H3,(H,15,16). The third-order valence-electron chi connectivity index (χ3n) is 2.58. The van der Waals surface area contributed by atoms with Crippen LogP contribution >= 0.6 is 11.8 Å². The molecule has 1 unspecified atom stereocenters. The summed E-state index contributed by atoms with van der Waals surface area (Å²) in [6.07, 6.45) is 1.38. The van der Waals surface area contributed by atoms with Gasteiger partial charge in [0.2, 0.25) is 0 Å². The van der Waals surface area contributed by atoms with Gasteiger partial charge >= 0.3 is 5.97 Å². The fourth-order valence-electron chi connectivity index (χ4n) is 1.77. The molecule has 5 nitrogen and oxygen atoms in total. The topological polar surface area (TPSA) is 81.8 Å². The summed E-state index contributed by atoms with van der Waals surface area (Å²) in [6.45, 7) is 0. The second kappa shape index (κ2) is 6.63. The molecule has 0 aliphatic carbocycles. The molecule has 0 saturated heterocycles. The van der Waals surface area contributed by atoms with Gasteiger partial charge in [0.1, 0.15) is 5.82 Å². The zero-order chi connectivity index (χ0) is 14.6. The van der Waals surface area contributed by atoms with Gasteiger partial charge < -0.3 is 20.3 Å². The first-order valence-electron chi connectivity index (χ1n) is 5.41. The normalized spacial score (nSPS) is 12.1. The molecule has 0 fully saturated rings. The summed E-state index contributed by atoms with van der Waals surface area (Å²) in [5, 5.41) is 8.76. The van der Waals surface area contributed by atoms with Gasteiger partial charge in [0.15, 0.2) is 11.5 Å². The number of halogens is 1. The summed E-state index contributed by atoms with van der Waals surface area (Å²) in [5.41, 5.74) is 6.04. The number of carbonyl (C=O) groups is 1. The van der Waals surface area contributed by atoms with Crippen LogP contribution in [0.5, 0.6) is 11.5 Å². The van der Waals surface area contributed by atoms with E-state index < -0.39 is 17.8 Å². The van der Waals surface area contributed by atoms with E-state index in [0.717, 1.165) is 0 Å². The Labute approximate surface area is 114 Å². The van der Waals surface area contributed by atoms with Crippen LogP contribution in [0.3, 0.4) is 0 Å². The smallest absolute Gasteiger partial charge is 0.305 e. The van der Waals surface area contributed by atoms with Crippen molar-refractivity contribution < 1.29 is 23.8 Å². The molecule has 0 spiro atoms. The molecule has 0 bridgehead atoms. The summed E-state index contributed by atoms with van der Waals surface area (Å²) >= 11 is 1.17. The van der Waals surface area contributed by atoms with Crippen LogP contribution in [0.25, 0.3) is 0 Å². The predicted molar refractivity (Wildman–Crippen MR) is 70.5 cm³/mol. The average molecular weight is 289 g/mol. The Morgan fingerprint density at radius 3 is 2.47 bits per heavy atom. The molecule has 0 aliphatic heterocycles. The molecule has 1 aromatic carbocycles. The number of carboxylic acids is 1. The summed E-state index contributed by atoms with van der Waals surface area (Å²) < 4.78 is 24.3. The lowest BCUT2D eigenvalue weighted by Gasteiger charge is -2.19. The van der Waals surface area contributed by atoms with Crippen molar-refractivity contribution in [3.8, 4) is 11.5 Å². The van der Waals surface area contributed by atoms with E-state index in [-0.39, 0.29) is 23.5 Å². The molecule has 0 aromatic heterocycles. The van der Waals surface area contributed by atoms with Crippen LogP contribution in [0, 0.1) is 5.82 Å². The largest absolute Gasteiger partial charge is 0.492 e. The lowest BCUT2D eigenvalue weighted by molar-refractivity contribution is -0.137. The first-order valence-corrected chi connectivity index (χ1v) is 6.64. The van der Waals surface area contributed by atoms with E-state index in [9.17, 15) is 9.18 Å². The lowest BCUT2D eigenvalue weighted by Crippen LogP contribution is -2.17. The van der Waals surface area contributed by atoms with Crippen molar-refractivity contribution in [2.75, 3.05) is 20.5 Å². The second-order valence-corrected chi connectivity index (χ2v) is 4.57. The molecule has 19 heavy (non-hydrogen) atoms. The number of hydrogen-bond acceptors (Lipinski definition) is 5. The predicted octanol–water partition coefficient (Wildman–Crippen LogP) is 2.04. The van der Waals surface area contributed by atoms with Crippen LogP contribution in [0.1, 0.15) is 18.0 Å². The summed E-state index contributed by atoms with van der Waals surface area (Å²) in [7, 11) is 2.79. The molecule has 0 saturated carbocycles. The van der Waals surface area contributed by atoms with Gasteiger partial charge in [-0.2, -0.15) is 0 Å². The van der Waals surface area contributed by atoms with Crippen LogP contribution in [0.15, 0.2) is 11.0 Å². The molecule has 7 heteroatoms. The lowest BCUT2D eigenvalue weighted by atomic mass is 10.0. The highest BCUT2D eigenvalue weighted by molar-refractivity contribution is 7.98. The second-order valence-electron chi connectivity index (χ2n) is 3.75. The third-order valence-corrected chi connectivity index (χ3v) is 3.37. The Kier molecular flexibility index (Phi) is 5.44. The maximum Gasteiger partial charge on any atom is 0.305 e. The Morgan fingerprint density at radius 2 is 2.05 bits per heavy atom. The minimum Gasteiger partial charge on any atom is -0.492 e. The number of carboxylic acid groups (broad SMARTS) is 1. The maximum atomic E-state index is 14.0. The number of aliphatic carboxylic acids is 1. The van der Waals surface area contributed by atoms with Crippen molar-refractivity contribution in [1.82, 2.24) is 0 Å². The highest BCUT2D eigenvalue weighted by atomic mass is 32.2. The monoisotopic (exact) mass is 289 g/mol. The van der Waals surface area contributed by atoms with Crippen molar-refractivity contribution in [3.63, 3.8) is 0 Å². The van der Waals surface area contributed by atoms with E-state index in [4.69, 9.17) is 20.3 Å². The molecule has 1 aromatic rings. The Bertz CT molecular complexity index is 481. The van der Waals surface area contributed by atoms with E-state index in [2.05, 4.69) is 0 Å². The fraction of sp³-hybridized carbons (Fsp3) is 0.417. The van der Waals surface area contributed by atoms with Gasteiger partial charge in [-0.25, -0.2) is 4.39 Å². The molecule has 0 aliphatic rings. The number of thioether (sulfide) groups is 1. The molecule has 0 heterocycles. The Morgan fingerprint density at radius 1 is 1.47 bits per heavy atom. The molecular weight excluding hydrogens is 273 g/mol. The van der Waals surface area contributed by atoms with Crippen LogP contribution in [0.4, 0.5) is 4.39 Å². The Hall–Kier alpha value is -1.47. The zero-order valence-electron chi connectivity index (χ0n) is 10.9. The van der Waals surface area contributed by atoms with Gasteiger partial charge in [-0.05, 0) is 12.3 Å². The number of hydrogen-bond donors (Lipinski definition) is 2. The van der Waals surface area contributed by atoms with E-state index in [1.807, 2.05) is 0 Å². The van der Waals surface area contributed by atoms with E-state index in [1.54, 1.807) is 6.26 Å². The van der Waals surface area contributed by atoms with Gasteiger partial charge in [0.05, 0.1) is 25.5 Å². The number of rotatable bonds is 6. The molecule has 106 valence electrons. The van der Waals surface area contributed by atoms with Crippen LogP contribution in [-0.2, 0) is 4.79 Å². The van der Waals surface area contributed by atoms with Gasteiger partial charge in [-0.3, -0.25) is 4.79 Å². The molecule has 3 N–H and O–H groups in total. The zero-order valence-corrected chi connectivity index (χ0v) is 11.7. The van der Waals surface area contributed by atoms with Crippen LogP contribution < -0.4 is 15.2 Å². The van der Waals surface area contributed by atoms with E-state index >= 15 is 0 Å². The summed E-state index contributed by atoms with van der Waals surface area (Å²) in [5.74, 6) is -1.09. The van der Waals surface area contributed by atoms with Crippen molar-refractivity contribution >= 4 is 17.7 Å². The Balaban J connectivity index is 3.39.